The molecule has 0 radical (unpaired) electrons. The minimum atomic E-state index is -0.430. The van der Waals surface area contributed by atoms with Gasteiger partial charge >= 0.3 is 0 Å². The van der Waals surface area contributed by atoms with Crippen molar-refractivity contribution in [3.63, 3.8) is 0 Å². The lowest BCUT2D eigenvalue weighted by atomic mass is 9.80. The van der Waals surface area contributed by atoms with Gasteiger partial charge in [0.05, 0.1) is 29.3 Å². The summed E-state index contributed by atoms with van der Waals surface area (Å²) in [5, 5.41) is 4.53. The monoisotopic (exact) mass is 995 g/mol. The summed E-state index contributed by atoms with van der Waals surface area (Å²) in [6, 6.07) is 61.0. The maximum Gasteiger partial charge on any atom is 0.137 e. The molecule has 0 amide bonds. The highest BCUT2D eigenvalue weighted by atomic mass is 32.1. The van der Waals surface area contributed by atoms with Crippen LogP contribution in [0.3, 0.4) is 0 Å². The number of hydrogen-bond donors (Lipinski definition) is 0. The minimum absolute atomic E-state index is 0.0400. The first-order valence-corrected chi connectivity index (χ1v) is 26.4. The molecule has 0 fully saturated rings. The van der Waals surface area contributed by atoms with Gasteiger partial charge in [-0.2, -0.15) is 0 Å². The van der Waals surface area contributed by atoms with Crippen LogP contribution in [0.25, 0.3) is 81.2 Å². The summed E-state index contributed by atoms with van der Waals surface area (Å²) < 4.78 is 54.6. The number of fused-ring (bicyclic) bond motifs is 7. The van der Waals surface area contributed by atoms with Gasteiger partial charge in [-0.25, -0.2) is 4.98 Å². The quantitative estimate of drug-likeness (QED) is 0.152. The number of para-hydroxylation sites is 3. The fourth-order valence-electron chi connectivity index (χ4n) is 10.8. The second-order valence-electron chi connectivity index (χ2n) is 21.8. The fourth-order valence-corrected chi connectivity index (χ4v) is 12.0. The third kappa shape index (κ3) is 8.21. The first-order valence-electron chi connectivity index (χ1n) is 28.1. The molecule has 0 N–H and O–H groups in total. The highest BCUT2D eigenvalue weighted by molar-refractivity contribution is 7.25. The Kier molecular flexibility index (Phi) is 9.77. The van der Waals surface area contributed by atoms with Crippen LogP contribution < -0.4 is 14.5 Å². The highest BCUT2D eigenvalue weighted by Gasteiger charge is 2.31. The molecule has 366 valence electrons. The summed E-state index contributed by atoms with van der Waals surface area (Å²) in [5.41, 5.74) is 14.2. The fraction of sp³-hybridized carbons (Fsp3) is 0.145. The predicted molar refractivity (Wildman–Crippen MR) is 318 cm³/mol. The Hall–Kier alpha value is -8.45. The van der Waals surface area contributed by atoms with E-state index in [1.165, 1.54) is 31.3 Å². The smallest absolute Gasteiger partial charge is 0.137 e. The van der Waals surface area contributed by atoms with E-state index in [4.69, 9.17) is 16.6 Å². The second-order valence-corrected chi connectivity index (χ2v) is 22.9. The molecule has 13 rings (SSSR count). The molecule has 3 aromatic heterocycles. The van der Waals surface area contributed by atoms with E-state index < -0.39 is 6.04 Å². The van der Waals surface area contributed by atoms with Gasteiger partial charge in [0.25, 0.3) is 0 Å². The van der Waals surface area contributed by atoms with Crippen molar-refractivity contribution in [2.45, 2.75) is 59.3 Å². The van der Waals surface area contributed by atoms with Crippen molar-refractivity contribution in [1.82, 2.24) is 9.55 Å². The van der Waals surface area contributed by atoms with E-state index in [1.54, 1.807) is 6.20 Å². The normalized spacial score (nSPS) is 13.8. The maximum absolute atomic E-state index is 8.78. The Morgan fingerprint density at radius 2 is 1.17 bits per heavy atom. The zero-order valence-electron chi connectivity index (χ0n) is 48.1. The van der Waals surface area contributed by atoms with Crippen molar-refractivity contribution in [2.75, 3.05) is 16.5 Å². The first-order chi connectivity index (χ1) is 38.4. The number of pyridine rings is 1. The van der Waals surface area contributed by atoms with E-state index in [1.807, 2.05) is 36.5 Å². The molecule has 75 heavy (non-hydrogen) atoms. The molecule has 4 heterocycles. The molecule has 1 aliphatic rings. The van der Waals surface area contributed by atoms with Crippen LogP contribution >= 0.6 is 11.3 Å². The second kappa shape index (κ2) is 17.9. The van der Waals surface area contributed by atoms with E-state index in [9.17, 15) is 0 Å². The molecular weight excluding hydrogens is 933 g/mol. The number of benzene rings is 9. The molecule has 0 aliphatic carbocycles. The molecule has 0 saturated carbocycles. The van der Waals surface area contributed by atoms with E-state index in [0.717, 1.165) is 66.8 Å². The van der Waals surface area contributed by atoms with Crippen molar-refractivity contribution in [3.8, 4) is 50.7 Å². The lowest BCUT2D eigenvalue weighted by molar-refractivity contribution is 0.485. The molecular formula is C69H58N4OS. The van der Waals surface area contributed by atoms with Gasteiger partial charge in [-0.05, 0) is 123 Å². The summed E-state index contributed by atoms with van der Waals surface area (Å²) in [4.78, 5) is 9.82. The summed E-state index contributed by atoms with van der Waals surface area (Å²) in [6.45, 7) is 16.2. The lowest BCUT2D eigenvalue weighted by Crippen LogP contribution is -2.25. The summed E-state index contributed by atoms with van der Waals surface area (Å²) >= 11 is 1.81. The van der Waals surface area contributed by atoms with Crippen molar-refractivity contribution in [1.29, 1.82) is 0 Å². The van der Waals surface area contributed by atoms with E-state index in [-0.39, 0.29) is 40.6 Å². The highest BCUT2D eigenvalue weighted by Crippen LogP contribution is 2.49. The van der Waals surface area contributed by atoms with Gasteiger partial charge in [-0.1, -0.05) is 169 Å². The van der Waals surface area contributed by atoms with Gasteiger partial charge in [0.15, 0.2) is 0 Å². The zero-order chi connectivity index (χ0) is 55.5. The number of thiophene rings is 1. The van der Waals surface area contributed by atoms with Gasteiger partial charge in [0.1, 0.15) is 24.0 Å². The van der Waals surface area contributed by atoms with Crippen molar-refractivity contribution in [3.05, 3.63) is 229 Å². The first kappa shape index (κ1) is 41.0. The summed E-state index contributed by atoms with van der Waals surface area (Å²) in [6.07, 6.45) is 1.63. The van der Waals surface area contributed by atoms with Crippen LogP contribution in [-0.2, 0) is 10.8 Å². The van der Waals surface area contributed by atoms with Crippen molar-refractivity contribution in [2.24, 2.45) is 0 Å². The molecule has 6 heteroatoms. The minimum Gasteiger partial charge on any atom is -0.457 e. The predicted octanol–water partition coefficient (Wildman–Crippen LogP) is 19.5. The number of aryl methyl sites for hydroxylation is 1. The zero-order valence-corrected chi connectivity index (χ0v) is 43.9. The number of ether oxygens (including phenoxy) is 1. The maximum atomic E-state index is 8.78. The third-order valence-electron chi connectivity index (χ3n) is 14.8. The van der Waals surface area contributed by atoms with Crippen LogP contribution in [0.2, 0.25) is 0 Å². The molecule has 0 atom stereocenters. The largest absolute Gasteiger partial charge is 0.457 e. The van der Waals surface area contributed by atoms with Gasteiger partial charge in [0, 0.05) is 71.8 Å². The number of hydrogen-bond acceptors (Lipinski definition) is 5. The Morgan fingerprint density at radius 1 is 0.507 bits per heavy atom. The van der Waals surface area contributed by atoms with Crippen molar-refractivity contribution < 1.29 is 11.6 Å². The topological polar surface area (TPSA) is 33.5 Å². The molecule has 0 bridgehead atoms. The van der Waals surface area contributed by atoms with Crippen LogP contribution in [0.1, 0.15) is 65.1 Å². The van der Waals surface area contributed by atoms with Crippen LogP contribution in [0.5, 0.6) is 11.5 Å². The van der Waals surface area contributed by atoms with Crippen LogP contribution in [-0.4, -0.2) is 16.2 Å². The third-order valence-corrected chi connectivity index (χ3v) is 16.0. The van der Waals surface area contributed by atoms with Gasteiger partial charge in [-0.15, -0.1) is 11.3 Å². The molecule has 5 nitrogen and oxygen atoms in total. The van der Waals surface area contributed by atoms with Crippen LogP contribution in [0.15, 0.2) is 212 Å². The average Bonchev–Trinajstić information content (AvgIpc) is 4.30. The number of aromatic nitrogens is 2. The lowest BCUT2D eigenvalue weighted by Gasteiger charge is -2.29. The van der Waals surface area contributed by atoms with Crippen LogP contribution in [0.4, 0.5) is 22.7 Å². The number of rotatable bonds is 8. The van der Waals surface area contributed by atoms with E-state index in [2.05, 4.69) is 214 Å². The van der Waals surface area contributed by atoms with Crippen LogP contribution in [0, 0.1) is 6.92 Å². The Labute approximate surface area is 450 Å². The Morgan fingerprint density at radius 3 is 1.92 bits per heavy atom. The molecule has 0 unspecified atom stereocenters. The molecule has 0 spiro atoms. The number of nitrogens with zero attached hydrogens (tertiary/aromatic N) is 4. The van der Waals surface area contributed by atoms with Crippen molar-refractivity contribution >= 4 is 76.1 Å². The molecule has 12 aromatic rings. The SMILES string of the molecule is [2H]c1c([2H])c([2H])c(-c2cnc(-n3c4ccccc4c4cc(-c5ccccc5-c5ccc6c(c5)sc5ccccc56)c(Oc5cccc(N6CN(c7cc(C(C)(C)C)cc(C(C)(C)C)c7)c7ccccc76)c5)cc43)cc2C)c([2H])c1[2H]. The molecule has 1 aliphatic heterocycles. The standard InChI is InChI=1S/C69H58N4OS/c1-44-34-67(70-42-59(44)45-20-9-8-10-21-45)73-60-28-15-13-26-54(60)57-40-58(53-25-12-11-24-52(53)46-32-33-56-55-27-14-18-31-65(55)75-66(56)35-46)64(41-63(57)73)74-51-23-19-22-49(39-51)71-43-72(62-30-17-16-29-61(62)71)50-37-47(68(2,3)4)36-48(38-50)69(5,6)7/h8-42H,43H2,1-7H3/i8D,9D,10D,20D,21D. The van der Waals surface area contributed by atoms with E-state index in [0.29, 0.717) is 35.1 Å². The summed E-state index contributed by atoms with van der Waals surface area (Å²) in [7, 11) is 0. The van der Waals surface area contributed by atoms with Gasteiger partial charge in [-0.3, -0.25) is 4.57 Å². The molecule has 0 saturated heterocycles. The number of anilines is 4. The van der Waals surface area contributed by atoms with E-state index >= 15 is 0 Å². The average molecular weight is 996 g/mol. The van der Waals surface area contributed by atoms with Gasteiger partial charge in [0.2, 0.25) is 0 Å². The summed E-state index contributed by atoms with van der Waals surface area (Å²) in [5.74, 6) is 1.94. The molecule has 9 aromatic carbocycles. The Bertz CT molecular complexity index is 4450. The Balaban J connectivity index is 0.971. The van der Waals surface area contributed by atoms with Gasteiger partial charge < -0.3 is 14.5 Å².